The number of nitrogens with one attached hydrogen (secondary N) is 1. The second-order valence-electron chi connectivity index (χ2n) is 5.11. The predicted octanol–water partition coefficient (Wildman–Crippen LogP) is -0.645. The summed E-state index contributed by atoms with van der Waals surface area (Å²) >= 11 is 0. The van der Waals surface area contributed by atoms with Gasteiger partial charge in [-0.2, -0.15) is 0 Å². The minimum Gasteiger partial charge on any atom is -1.00 e. The van der Waals surface area contributed by atoms with E-state index in [4.69, 9.17) is 10.1 Å². The van der Waals surface area contributed by atoms with Crippen molar-refractivity contribution in [3.63, 3.8) is 0 Å². The van der Waals surface area contributed by atoms with Crippen molar-refractivity contribution in [3.05, 3.63) is 59.7 Å². The zero-order chi connectivity index (χ0) is 15.7. The molecule has 0 aliphatic rings. The number of carbonyl (C=O) groups excluding carboxylic acids is 1. The van der Waals surface area contributed by atoms with Gasteiger partial charge >= 0.3 is 0 Å². The van der Waals surface area contributed by atoms with Crippen LogP contribution in [0.3, 0.4) is 0 Å². The number of benzene rings is 2. The van der Waals surface area contributed by atoms with Crippen molar-refractivity contribution in [2.24, 2.45) is 7.05 Å². The normalized spacial score (nSPS) is 10.3. The Morgan fingerprint density at radius 1 is 1.13 bits per heavy atom. The lowest BCUT2D eigenvalue weighted by molar-refractivity contribution is -0.0000129. The van der Waals surface area contributed by atoms with Gasteiger partial charge in [0.1, 0.15) is 5.75 Å². The summed E-state index contributed by atoms with van der Waals surface area (Å²) in [5.74, 6) is 0.605. The van der Waals surface area contributed by atoms with Crippen LogP contribution in [-0.4, -0.2) is 22.0 Å². The van der Waals surface area contributed by atoms with Gasteiger partial charge in [-0.15, -0.1) is 0 Å². The quantitative estimate of drug-likeness (QED) is 0.617. The molecule has 1 aromatic heterocycles. The molecule has 0 aliphatic heterocycles. The summed E-state index contributed by atoms with van der Waals surface area (Å²) in [6, 6.07) is 14.8. The van der Waals surface area contributed by atoms with Crippen LogP contribution in [0.1, 0.15) is 10.4 Å². The van der Waals surface area contributed by atoms with Gasteiger partial charge in [0.05, 0.1) is 24.7 Å². The standard InChI is InChI=1S/C17H17N3O2.BrH/c1-19-14-8-3-4-9-15(14)20(17(19)18)11-16(21)12-6-5-7-13(10-12)22-2;/h3-10,18H,11H2,1-2H3;1H/p-1. The maximum absolute atomic E-state index is 12.5. The number of methoxy groups -OCH3 is 1. The molecule has 120 valence electrons. The molecule has 6 heteroatoms. The predicted molar refractivity (Wildman–Crippen MR) is 84.1 cm³/mol. The van der Waals surface area contributed by atoms with E-state index in [1.807, 2.05) is 31.3 Å². The first-order valence-corrected chi connectivity index (χ1v) is 6.98. The highest BCUT2D eigenvalue weighted by Gasteiger charge is 2.13. The van der Waals surface area contributed by atoms with E-state index in [-0.39, 0.29) is 29.3 Å². The lowest BCUT2D eigenvalue weighted by Gasteiger charge is -2.06. The number of rotatable bonds is 4. The van der Waals surface area contributed by atoms with Crippen LogP contribution in [0.4, 0.5) is 0 Å². The number of Topliss-reactive ketones (excluding diaryl/α,β-unsaturated/α-hetero) is 1. The average molecular weight is 375 g/mol. The minimum absolute atomic E-state index is 0. The second-order valence-corrected chi connectivity index (χ2v) is 5.11. The number of fused-ring (bicyclic) bond motifs is 1. The maximum Gasteiger partial charge on any atom is 0.203 e. The van der Waals surface area contributed by atoms with Gasteiger partial charge in [-0.05, 0) is 24.3 Å². The topological polar surface area (TPSA) is 60.0 Å². The molecular weight excluding hydrogens is 358 g/mol. The van der Waals surface area contributed by atoms with Crippen LogP contribution in [-0.2, 0) is 13.6 Å². The lowest BCUT2D eigenvalue weighted by Crippen LogP contribution is -3.00. The summed E-state index contributed by atoms with van der Waals surface area (Å²) in [5.41, 5.74) is 2.70. The fourth-order valence-corrected chi connectivity index (χ4v) is 2.58. The van der Waals surface area contributed by atoms with E-state index in [0.717, 1.165) is 11.0 Å². The Morgan fingerprint density at radius 2 is 1.83 bits per heavy atom. The first-order valence-electron chi connectivity index (χ1n) is 6.98. The number of carbonyl (C=O) groups is 1. The van der Waals surface area contributed by atoms with Gasteiger partial charge in [-0.3, -0.25) is 10.2 Å². The lowest BCUT2D eigenvalue weighted by atomic mass is 10.1. The van der Waals surface area contributed by atoms with Crippen LogP contribution in [0.15, 0.2) is 48.5 Å². The van der Waals surface area contributed by atoms with Crippen LogP contribution < -0.4 is 27.3 Å². The van der Waals surface area contributed by atoms with Crippen LogP contribution in [0, 0.1) is 5.41 Å². The highest BCUT2D eigenvalue weighted by atomic mass is 79.9. The molecule has 1 heterocycles. The molecule has 0 spiro atoms. The third-order valence-corrected chi connectivity index (χ3v) is 3.80. The second kappa shape index (κ2) is 6.83. The van der Waals surface area contributed by atoms with Gasteiger partial charge in [-0.1, -0.05) is 24.3 Å². The zero-order valence-electron chi connectivity index (χ0n) is 12.9. The van der Waals surface area contributed by atoms with Gasteiger partial charge in [0.25, 0.3) is 0 Å². The average Bonchev–Trinajstić information content (AvgIpc) is 2.80. The molecule has 23 heavy (non-hydrogen) atoms. The number of aryl methyl sites for hydroxylation is 1. The maximum atomic E-state index is 12.5. The first kappa shape index (κ1) is 17.0. The third-order valence-electron chi connectivity index (χ3n) is 3.80. The van der Waals surface area contributed by atoms with Crippen molar-refractivity contribution in [1.29, 1.82) is 5.41 Å². The van der Waals surface area contributed by atoms with Gasteiger partial charge in [0.2, 0.25) is 5.62 Å². The smallest absolute Gasteiger partial charge is 0.203 e. The molecular formula is C17H17BrN3O2-. The highest BCUT2D eigenvalue weighted by Crippen LogP contribution is 2.15. The van der Waals surface area contributed by atoms with Gasteiger partial charge in [0, 0.05) is 12.6 Å². The monoisotopic (exact) mass is 374 g/mol. The Kier molecular flexibility index (Phi) is 5.05. The molecule has 0 radical (unpaired) electrons. The van der Waals surface area contributed by atoms with Crippen LogP contribution >= 0.6 is 0 Å². The van der Waals surface area contributed by atoms with E-state index in [1.165, 1.54) is 0 Å². The molecule has 3 rings (SSSR count). The van der Waals surface area contributed by atoms with Crippen LogP contribution in [0.5, 0.6) is 5.75 Å². The van der Waals surface area contributed by atoms with Crippen LogP contribution in [0.25, 0.3) is 11.0 Å². The molecule has 0 saturated carbocycles. The summed E-state index contributed by atoms with van der Waals surface area (Å²) in [7, 11) is 3.40. The number of halogens is 1. The van der Waals surface area contributed by atoms with Gasteiger partial charge in [-0.25, -0.2) is 0 Å². The molecule has 0 fully saturated rings. The number of hydrogen-bond donors (Lipinski definition) is 1. The Morgan fingerprint density at radius 3 is 2.52 bits per heavy atom. The van der Waals surface area contributed by atoms with E-state index >= 15 is 0 Å². The number of aromatic nitrogens is 2. The molecule has 5 nitrogen and oxygen atoms in total. The third kappa shape index (κ3) is 3.07. The van der Waals surface area contributed by atoms with Crippen molar-refractivity contribution in [1.82, 2.24) is 9.13 Å². The van der Waals surface area contributed by atoms with Gasteiger partial charge < -0.3 is 30.9 Å². The summed E-state index contributed by atoms with van der Waals surface area (Å²) < 4.78 is 8.64. The molecule has 0 unspecified atom stereocenters. The molecule has 0 saturated heterocycles. The Labute approximate surface area is 144 Å². The van der Waals surface area contributed by atoms with E-state index in [0.29, 0.717) is 16.9 Å². The molecule has 2 aromatic carbocycles. The summed E-state index contributed by atoms with van der Waals surface area (Å²) in [6.07, 6.45) is 0. The molecule has 1 N–H and O–H groups in total. The number of imidazole rings is 1. The van der Waals surface area contributed by atoms with Crippen LogP contribution in [0.2, 0.25) is 0 Å². The van der Waals surface area contributed by atoms with Crippen molar-refractivity contribution >= 4 is 16.8 Å². The Hall–Kier alpha value is -2.34. The number of ketones is 1. The SMILES string of the molecule is COc1cccc(C(=O)Cn2c(=N)n(C)c3ccccc32)c1.[Br-]. The summed E-state index contributed by atoms with van der Waals surface area (Å²) in [6.45, 7) is 0.132. The van der Waals surface area contributed by atoms with Crippen molar-refractivity contribution in [3.8, 4) is 5.75 Å². The van der Waals surface area contributed by atoms with Crippen molar-refractivity contribution in [2.75, 3.05) is 7.11 Å². The Balaban J connectivity index is 0.00000192. The van der Waals surface area contributed by atoms with Crippen molar-refractivity contribution < 1.29 is 26.5 Å². The highest BCUT2D eigenvalue weighted by molar-refractivity contribution is 5.97. The van der Waals surface area contributed by atoms with E-state index < -0.39 is 0 Å². The van der Waals surface area contributed by atoms with E-state index in [2.05, 4.69) is 0 Å². The number of ether oxygens (including phenoxy) is 1. The zero-order valence-corrected chi connectivity index (χ0v) is 14.5. The minimum atomic E-state index is -0.0475. The number of para-hydroxylation sites is 2. The van der Waals surface area contributed by atoms with E-state index in [1.54, 1.807) is 40.5 Å². The number of hydrogen-bond acceptors (Lipinski definition) is 3. The summed E-state index contributed by atoms with van der Waals surface area (Å²) in [5, 5.41) is 8.21. The fraction of sp³-hybridized carbons (Fsp3) is 0.176. The fourth-order valence-electron chi connectivity index (χ4n) is 2.58. The summed E-state index contributed by atoms with van der Waals surface area (Å²) in [4.78, 5) is 12.5. The largest absolute Gasteiger partial charge is 1.00 e. The van der Waals surface area contributed by atoms with Crippen molar-refractivity contribution in [2.45, 2.75) is 6.54 Å². The molecule has 0 bridgehead atoms. The van der Waals surface area contributed by atoms with E-state index in [9.17, 15) is 4.79 Å². The molecule has 0 aliphatic carbocycles. The Bertz CT molecular complexity index is 912. The molecule has 0 amide bonds. The number of nitrogens with zero attached hydrogens (tertiary/aromatic N) is 2. The first-order chi connectivity index (χ1) is 10.6. The molecule has 3 aromatic rings. The van der Waals surface area contributed by atoms with Gasteiger partial charge in [0.15, 0.2) is 5.78 Å². The molecule has 0 atom stereocenters.